The van der Waals surface area contributed by atoms with E-state index in [1.807, 2.05) is 0 Å². The summed E-state index contributed by atoms with van der Waals surface area (Å²) in [4.78, 5) is 12.7. The van der Waals surface area contributed by atoms with Gasteiger partial charge in [-0.2, -0.15) is 0 Å². The van der Waals surface area contributed by atoms with Crippen molar-refractivity contribution in [1.29, 1.82) is 0 Å². The first-order valence-electron chi connectivity index (χ1n) is 6.87. The van der Waals surface area contributed by atoms with Crippen LogP contribution >= 0.6 is 0 Å². The maximum Gasteiger partial charge on any atom is 0.189 e. The van der Waals surface area contributed by atoms with Crippen LogP contribution in [0.3, 0.4) is 0 Å². The summed E-state index contributed by atoms with van der Waals surface area (Å²) in [5.41, 5.74) is 0. The molecule has 3 atom stereocenters. The average molecular weight is 294 g/mol. The number of ketones is 1. The van der Waals surface area contributed by atoms with Gasteiger partial charge in [0, 0.05) is 25.0 Å². The van der Waals surface area contributed by atoms with E-state index in [1.165, 1.54) is 0 Å². The zero-order chi connectivity index (χ0) is 14.2. The molecule has 2 N–H and O–H groups in total. The molecule has 0 spiro atoms. The van der Waals surface area contributed by atoms with E-state index in [0.29, 0.717) is 6.54 Å². The Hall–Kier alpha value is -1.24. The minimum Gasteiger partial charge on any atom is -0.316 e. The summed E-state index contributed by atoms with van der Waals surface area (Å²) < 4.78 is 25.2. The first-order valence-corrected chi connectivity index (χ1v) is 8.42. The highest BCUT2D eigenvalue weighted by molar-refractivity contribution is 7.92. The van der Waals surface area contributed by atoms with Gasteiger partial charge in [-0.05, 0) is 25.1 Å². The first kappa shape index (κ1) is 13.7. The summed E-state index contributed by atoms with van der Waals surface area (Å²) in [6, 6.07) is 8.34. The van der Waals surface area contributed by atoms with Crippen molar-refractivity contribution in [1.82, 2.24) is 10.6 Å². The fraction of sp³-hybridized carbons (Fsp3) is 0.500. The number of nitrogens with one attached hydrogen (secondary N) is 2. The van der Waals surface area contributed by atoms with Gasteiger partial charge in [0.05, 0.1) is 4.90 Å². The number of fused-ring (bicyclic) bond motifs is 1. The highest BCUT2D eigenvalue weighted by atomic mass is 32.2. The third kappa shape index (κ3) is 2.28. The van der Waals surface area contributed by atoms with Gasteiger partial charge in [0.2, 0.25) is 0 Å². The third-order valence-electron chi connectivity index (χ3n) is 4.18. The lowest BCUT2D eigenvalue weighted by molar-refractivity contribution is -0.125. The SMILES string of the molecule is O=C1C2CNCCC2NCC1S(=O)(=O)c1ccccc1. The maximum absolute atomic E-state index is 12.6. The van der Waals surface area contributed by atoms with E-state index >= 15 is 0 Å². The fourth-order valence-electron chi connectivity index (χ4n) is 3.04. The van der Waals surface area contributed by atoms with Gasteiger partial charge in [-0.15, -0.1) is 0 Å². The number of piperidine rings is 2. The Balaban J connectivity index is 1.89. The van der Waals surface area contributed by atoms with Crippen LogP contribution in [-0.4, -0.2) is 45.1 Å². The lowest BCUT2D eigenvalue weighted by atomic mass is 9.85. The van der Waals surface area contributed by atoms with Crippen molar-refractivity contribution in [2.45, 2.75) is 22.6 Å². The van der Waals surface area contributed by atoms with Crippen LogP contribution in [0.5, 0.6) is 0 Å². The van der Waals surface area contributed by atoms with Crippen molar-refractivity contribution in [3.63, 3.8) is 0 Å². The number of rotatable bonds is 2. The number of sulfone groups is 1. The van der Waals surface area contributed by atoms with E-state index in [4.69, 9.17) is 0 Å². The van der Waals surface area contributed by atoms with E-state index in [-0.39, 0.29) is 29.2 Å². The molecule has 2 aliphatic rings. The van der Waals surface area contributed by atoms with E-state index in [1.54, 1.807) is 30.3 Å². The van der Waals surface area contributed by atoms with Crippen molar-refractivity contribution in [2.75, 3.05) is 19.6 Å². The van der Waals surface area contributed by atoms with E-state index in [2.05, 4.69) is 10.6 Å². The molecule has 2 saturated heterocycles. The molecule has 108 valence electrons. The van der Waals surface area contributed by atoms with Crippen molar-refractivity contribution in [2.24, 2.45) is 5.92 Å². The van der Waals surface area contributed by atoms with Crippen LogP contribution in [0, 0.1) is 5.92 Å². The maximum atomic E-state index is 12.6. The molecule has 1 aromatic carbocycles. The molecule has 2 heterocycles. The molecular weight excluding hydrogens is 276 g/mol. The molecule has 2 aliphatic heterocycles. The van der Waals surface area contributed by atoms with Gasteiger partial charge < -0.3 is 10.6 Å². The fourth-order valence-corrected chi connectivity index (χ4v) is 4.70. The molecule has 6 heteroatoms. The zero-order valence-corrected chi connectivity index (χ0v) is 11.9. The van der Waals surface area contributed by atoms with Crippen molar-refractivity contribution < 1.29 is 13.2 Å². The molecule has 1 aromatic rings. The second-order valence-corrected chi connectivity index (χ2v) is 7.49. The van der Waals surface area contributed by atoms with Gasteiger partial charge in [-0.3, -0.25) is 4.79 Å². The number of carbonyl (C=O) groups excluding carboxylic acids is 1. The van der Waals surface area contributed by atoms with Gasteiger partial charge >= 0.3 is 0 Å². The summed E-state index contributed by atoms with van der Waals surface area (Å²) in [6.07, 6.45) is 0.870. The molecule has 20 heavy (non-hydrogen) atoms. The van der Waals surface area contributed by atoms with Gasteiger partial charge in [0.25, 0.3) is 0 Å². The van der Waals surface area contributed by atoms with Crippen LogP contribution in [0.15, 0.2) is 35.2 Å². The Kier molecular flexibility index (Phi) is 3.62. The lowest BCUT2D eigenvalue weighted by Gasteiger charge is -2.38. The van der Waals surface area contributed by atoms with Gasteiger partial charge in [0.1, 0.15) is 5.25 Å². The molecule has 0 amide bonds. The molecular formula is C14H18N2O3S. The second kappa shape index (κ2) is 5.27. The first-order chi connectivity index (χ1) is 9.60. The monoisotopic (exact) mass is 294 g/mol. The van der Waals surface area contributed by atoms with E-state index in [9.17, 15) is 13.2 Å². The Bertz CT molecular complexity index is 600. The number of hydrogen-bond acceptors (Lipinski definition) is 5. The standard InChI is InChI=1S/C14H18N2O3S/c17-14-11-8-15-7-6-12(11)16-9-13(14)20(18,19)10-4-2-1-3-5-10/h1-5,11-13,15-16H,6-9H2. The van der Waals surface area contributed by atoms with Gasteiger partial charge in [0.15, 0.2) is 15.6 Å². The van der Waals surface area contributed by atoms with Crippen molar-refractivity contribution >= 4 is 15.6 Å². The number of hydrogen-bond donors (Lipinski definition) is 2. The minimum absolute atomic E-state index is 0.117. The highest BCUT2D eigenvalue weighted by Crippen LogP contribution is 2.25. The van der Waals surface area contributed by atoms with Crippen LogP contribution in [-0.2, 0) is 14.6 Å². The Morgan fingerprint density at radius 2 is 1.85 bits per heavy atom. The van der Waals surface area contributed by atoms with Crippen LogP contribution in [0.4, 0.5) is 0 Å². The van der Waals surface area contributed by atoms with Gasteiger partial charge in [-0.1, -0.05) is 18.2 Å². The quantitative estimate of drug-likeness (QED) is 0.802. The summed E-state index contributed by atoms with van der Waals surface area (Å²) >= 11 is 0. The molecule has 0 aromatic heterocycles. The van der Waals surface area contributed by atoms with Crippen molar-refractivity contribution in [3.8, 4) is 0 Å². The molecule has 5 nitrogen and oxygen atoms in total. The van der Waals surface area contributed by atoms with E-state index < -0.39 is 15.1 Å². The minimum atomic E-state index is -3.60. The highest BCUT2D eigenvalue weighted by Gasteiger charge is 2.45. The Labute approximate surface area is 118 Å². The molecule has 0 saturated carbocycles. The molecule has 0 aliphatic carbocycles. The Morgan fingerprint density at radius 1 is 1.10 bits per heavy atom. The van der Waals surface area contributed by atoms with Crippen LogP contribution in [0.25, 0.3) is 0 Å². The average Bonchev–Trinajstić information content (AvgIpc) is 2.48. The lowest BCUT2D eigenvalue weighted by Crippen LogP contribution is -2.61. The predicted molar refractivity (Wildman–Crippen MR) is 75.2 cm³/mol. The zero-order valence-electron chi connectivity index (χ0n) is 11.1. The third-order valence-corrected chi connectivity index (χ3v) is 6.25. The molecule has 0 radical (unpaired) electrons. The van der Waals surface area contributed by atoms with Crippen LogP contribution in [0.1, 0.15) is 6.42 Å². The molecule has 0 bridgehead atoms. The molecule has 3 rings (SSSR count). The number of carbonyl (C=O) groups is 1. The van der Waals surface area contributed by atoms with Gasteiger partial charge in [-0.25, -0.2) is 8.42 Å². The summed E-state index contributed by atoms with van der Waals surface area (Å²) in [6.45, 7) is 1.66. The number of Topliss-reactive ketones (excluding diaryl/α,β-unsaturated/α-hetero) is 1. The Morgan fingerprint density at radius 3 is 2.60 bits per heavy atom. The van der Waals surface area contributed by atoms with Crippen molar-refractivity contribution in [3.05, 3.63) is 30.3 Å². The molecule has 3 unspecified atom stereocenters. The second-order valence-electron chi connectivity index (χ2n) is 5.36. The normalized spacial score (nSPS) is 30.8. The predicted octanol–water partition coefficient (Wildman–Crippen LogP) is -0.0207. The molecule has 2 fully saturated rings. The topological polar surface area (TPSA) is 75.3 Å². The van der Waals surface area contributed by atoms with E-state index in [0.717, 1.165) is 13.0 Å². The summed E-state index contributed by atoms with van der Waals surface area (Å²) in [5, 5.41) is 5.44. The summed E-state index contributed by atoms with van der Waals surface area (Å²) in [5.74, 6) is -0.384. The largest absolute Gasteiger partial charge is 0.316 e. The van der Waals surface area contributed by atoms with Crippen LogP contribution in [0.2, 0.25) is 0 Å². The smallest absolute Gasteiger partial charge is 0.189 e. The van der Waals surface area contributed by atoms with Crippen LogP contribution < -0.4 is 10.6 Å². The summed E-state index contributed by atoms with van der Waals surface area (Å²) in [7, 11) is -3.60. The number of benzene rings is 1.